The van der Waals surface area contributed by atoms with Gasteiger partial charge in [0.25, 0.3) is 0 Å². The summed E-state index contributed by atoms with van der Waals surface area (Å²) in [5.74, 6) is 0.891. The number of fused-ring (bicyclic) bond motifs is 1. The fourth-order valence-corrected chi connectivity index (χ4v) is 2.66. The minimum absolute atomic E-state index is 0.0442. The van der Waals surface area contributed by atoms with Gasteiger partial charge in [0, 0.05) is 24.7 Å². The maximum atomic E-state index is 6.04. The Labute approximate surface area is 80.7 Å². The van der Waals surface area contributed by atoms with Gasteiger partial charge in [-0.1, -0.05) is 0 Å². The van der Waals surface area contributed by atoms with Gasteiger partial charge in [-0.05, 0) is 39.3 Å². The summed E-state index contributed by atoms with van der Waals surface area (Å²) < 4.78 is 0. The molecule has 0 aliphatic carbocycles. The molecular weight excluding hydrogens is 162 g/mol. The van der Waals surface area contributed by atoms with Crippen LogP contribution in [0.2, 0.25) is 0 Å². The highest BCUT2D eigenvalue weighted by Gasteiger charge is 2.38. The minimum Gasteiger partial charge on any atom is -0.324 e. The van der Waals surface area contributed by atoms with Crippen LogP contribution in [0, 0.1) is 5.92 Å². The van der Waals surface area contributed by atoms with E-state index in [1.807, 2.05) is 0 Å². The molecule has 0 aromatic rings. The lowest BCUT2D eigenvalue weighted by Crippen LogP contribution is -2.48. The summed E-state index contributed by atoms with van der Waals surface area (Å²) in [7, 11) is 0. The maximum Gasteiger partial charge on any atom is 0.0262 e. The second-order valence-electron chi connectivity index (χ2n) is 5.23. The molecule has 13 heavy (non-hydrogen) atoms. The average Bonchev–Trinajstić information content (AvgIpc) is 2.50. The van der Waals surface area contributed by atoms with Crippen molar-refractivity contribution in [1.29, 1.82) is 0 Å². The highest BCUT2D eigenvalue weighted by atomic mass is 15.2. The van der Waals surface area contributed by atoms with Gasteiger partial charge in [-0.15, -0.1) is 0 Å². The molecular formula is C10H21N3. The van der Waals surface area contributed by atoms with Gasteiger partial charge < -0.3 is 11.1 Å². The first-order chi connectivity index (χ1) is 6.06. The van der Waals surface area contributed by atoms with Gasteiger partial charge in [0.15, 0.2) is 0 Å². The molecule has 2 rings (SSSR count). The summed E-state index contributed by atoms with van der Waals surface area (Å²) in [6.45, 7) is 8.89. The van der Waals surface area contributed by atoms with Crippen molar-refractivity contribution in [2.45, 2.75) is 31.8 Å². The van der Waals surface area contributed by atoms with Crippen LogP contribution in [0.3, 0.4) is 0 Å². The van der Waals surface area contributed by atoms with Crippen molar-refractivity contribution < 1.29 is 0 Å². The van der Waals surface area contributed by atoms with Crippen LogP contribution in [-0.4, -0.2) is 42.7 Å². The van der Waals surface area contributed by atoms with Crippen molar-refractivity contribution in [3.8, 4) is 0 Å². The number of nitrogens with two attached hydrogens (primary N) is 1. The van der Waals surface area contributed by atoms with E-state index in [-0.39, 0.29) is 5.54 Å². The Morgan fingerprint density at radius 1 is 1.46 bits per heavy atom. The lowest BCUT2D eigenvalue weighted by atomic mass is 10.0. The SMILES string of the molecule is CC(C)(N)CN1CC[C@H]2CNC[C@H]21. The molecule has 3 heteroatoms. The summed E-state index contributed by atoms with van der Waals surface area (Å²) in [6.07, 6.45) is 1.35. The van der Waals surface area contributed by atoms with Gasteiger partial charge in [-0.25, -0.2) is 0 Å². The molecule has 0 saturated carbocycles. The predicted molar refractivity (Wildman–Crippen MR) is 54.6 cm³/mol. The number of nitrogens with one attached hydrogen (secondary N) is 1. The summed E-state index contributed by atoms with van der Waals surface area (Å²) in [4.78, 5) is 2.56. The topological polar surface area (TPSA) is 41.3 Å². The Hall–Kier alpha value is -0.120. The molecule has 76 valence electrons. The predicted octanol–water partition coefficient (Wildman–Crippen LogP) is 0.0174. The zero-order valence-electron chi connectivity index (χ0n) is 8.71. The first-order valence-electron chi connectivity index (χ1n) is 5.30. The first kappa shape index (κ1) is 9.44. The summed E-state index contributed by atoms with van der Waals surface area (Å²) in [5, 5.41) is 3.46. The second-order valence-corrected chi connectivity index (χ2v) is 5.23. The molecule has 0 radical (unpaired) electrons. The van der Waals surface area contributed by atoms with Crippen molar-refractivity contribution in [1.82, 2.24) is 10.2 Å². The van der Waals surface area contributed by atoms with Gasteiger partial charge in [0.1, 0.15) is 0 Å². The Balaban J connectivity index is 1.94. The molecule has 0 aromatic heterocycles. The Kier molecular flexibility index (Phi) is 2.34. The Morgan fingerprint density at radius 2 is 2.23 bits per heavy atom. The third-order valence-electron chi connectivity index (χ3n) is 3.17. The standard InChI is InChI=1S/C10H21N3/c1-10(2,11)7-13-4-3-8-5-12-6-9(8)13/h8-9,12H,3-7,11H2,1-2H3/t8-,9+/m0/s1. The number of nitrogens with zero attached hydrogens (tertiary/aromatic N) is 1. The fraction of sp³-hybridized carbons (Fsp3) is 1.00. The van der Waals surface area contributed by atoms with Crippen LogP contribution in [0.4, 0.5) is 0 Å². The third kappa shape index (κ3) is 2.03. The van der Waals surface area contributed by atoms with Gasteiger partial charge >= 0.3 is 0 Å². The van der Waals surface area contributed by atoms with Gasteiger partial charge in [0.2, 0.25) is 0 Å². The molecule has 2 fully saturated rings. The monoisotopic (exact) mass is 183 g/mol. The molecule has 2 atom stereocenters. The van der Waals surface area contributed by atoms with Crippen molar-refractivity contribution in [2.75, 3.05) is 26.2 Å². The Morgan fingerprint density at radius 3 is 2.92 bits per heavy atom. The number of hydrogen-bond donors (Lipinski definition) is 2. The van der Waals surface area contributed by atoms with Gasteiger partial charge in [0.05, 0.1) is 0 Å². The molecule has 2 heterocycles. The summed E-state index contributed by atoms with van der Waals surface area (Å²) >= 11 is 0. The number of hydrogen-bond acceptors (Lipinski definition) is 3. The lowest BCUT2D eigenvalue weighted by molar-refractivity contribution is 0.209. The third-order valence-corrected chi connectivity index (χ3v) is 3.17. The number of rotatable bonds is 2. The highest BCUT2D eigenvalue weighted by Crippen LogP contribution is 2.27. The fourth-order valence-electron chi connectivity index (χ4n) is 2.66. The molecule has 0 unspecified atom stereocenters. The molecule has 0 bridgehead atoms. The van der Waals surface area contributed by atoms with Crippen molar-refractivity contribution in [3.05, 3.63) is 0 Å². The van der Waals surface area contributed by atoms with E-state index < -0.39 is 0 Å². The van der Waals surface area contributed by atoms with Crippen molar-refractivity contribution in [3.63, 3.8) is 0 Å². The zero-order chi connectivity index (χ0) is 9.47. The lowest BCUT2D eigenvalue weighted by Gasteiger charge is -2.30. The largest absolute Gasteiger partial charge is 0.324 e. The zero-order valence-corrected chi connectivity index (χ0v) is 8.71. The van der Waals surface area contributed by atoms with Gasteiger partial charge in [-0.2, -0.15) is 0 Å². The van der Waals surface area contributed by atoms with Crippen molar-refractivity contribution in [2.24, 2.45) is 11.7 Å². The smallest absolute Gasteiger partial charge is 0.0262 e. The quantitative estimate of drug-likeness (QED) is 0.634. The molecule has 0 spiro atoms. The van der Waals surface area contributed by atoms with E-state index in [1.54, 1.807) is 0 Å². The molecule has 2 aliphatic rings. The molecule has 3 N–H and O–H groups in total. The van der Waals surface area contributed by atoms with Crippen molar-refractivity contribution >= 4 is 0 Å². The van der Waals surface area contributed by atoms with E-state index in [0.717, 1.165) is 18.5 Å². The summed E-state index contributed by atoms with van der Waals surface area (Å²) in [6, 6.07) is 0.767. The van der Waals surface area contributed by atoms with Gasteiger partial charge in [-0.3, -0.25) is 4.90 Å². The van der Waals surface area contributed by atoms with E-state index >= 15 is 0 Å². The Bertz CT molecular complexity index is 185. The van der Waals surface area contributed by atoms with Crippen LogP contribution < -0.4 is 11.1 Å². The molecule has 3 nitrogen and oxygen atoms in total. The van der Waals surface area contributed by atoms with E-state index in [4.69, 9.17) is 5.73 Å². The second kappa shape index (κ2) is 3.23. The van der Waals surface area contributed by atoms with Crippen LogP contribution in [0.25, 0.3) is 0 Å². The maximum absolute atomic E-state index is 6.04. The summed E-state index contributed by atoms with van der Waals surface area (Å²) in [5.41, 5.74) is 5.99. The molecule has 2 saturated heterocycles. The van der Waals surface area contributed by atoms with Crippen LogP contribution in [0.15, 0.2) is 0 Å². The van der Waals surface area contributed by atoms with E-state index in [1.165, 1.54) is 26.1 Å². The van der Waals surface area contributed by atoms with E-state index in [2.05, 4.69) is 24.1 Å². The van der Waals surface area contributed by atoms with Crippen LogP contribution in [-0.2, 0) is 0 Å². The highest BCUT2D eigenvalue weighted by molar-refractivity contribution is 4.96. The van der Waals surface area contributed by atoms with Crippen LogP contribution >= 0.6 is 0 Å². The van der Waals surface area contributed by atoms with E-state index in [9.17, 15) is 0 Å². The minimum atomic E-state index is -0.0442. The van der Waals surface area contributed by atoms with Crippen LogP contribution in [0.5, 0.6) is 0 Å². The number of likely N-dealkylation sites (tertiary alicyclic amines) is 1. The molecule has 0 aromatic carbocycles. The molecule has 2 aliphatic heterocycles. The molecule has 0 amide bonds. The van der Waals surface area contributed by atoms with E-state index in [0.29, 0.717) is 0 Å². The average molecular weight is 183 g/mol. The normalized spacial score (nSPS) is 35.3. The van der Waals surface area contributed by atoms with Crippen LogP contribution in [0.1, 0.15) is 20.3 Å². The first-order valence-corrected chi connectivity index (χ1v) is 5.30.